The molecule has 0 amide bonds. The molecule has 2 aliphatic rings. The molecule has 0 bridgehead atoms. The maximum Gasteiger partial charge on any atom is 0.0221 e. The van der Waals surface area contributed by atoms with Gasteiger partial charge in [-0.25, -0.2) is 0 Å². The van der Waals surface area contributed by atoms with E-state index in [-0.39, 0.29) is 0 Å². The van der Waals surface area contributed by atoms with E-state index in [0.29, 0.717) is 11.5 Å². The fraction of sp³-hybridized carbons (Fsp3) is 1.00. The van der Waals surface area contributed by atoms with Crippen molar-refractivity contribution in [2.24, 2.45) is 17.1 Å². The van der Waals surface area contributed by atoms with E-state index in [2.05, 4.69) is 19.2 Å². The highest BCUT2D eigenvalue weighted by molar-refractivity contribution is 4.91. The molecule has 15 heavy (non-hydrogen) atoms. The van der Waals surface area contributed by atoms with Crippen LogP contribution in [0.2, 0.25) is 0 Å². The molecule has 2 nitrogen and oxygen atoms in total. The maximum absolute atomic E-state index is 5.87. The molecule has 0 saturated heterocycles. The summed E-state index contributed by atoms with van der Waals surface area (Å²) in [7, 11) is 0. The summed E-state index contributed by atoms with van der Waals surface area (Å²) in [6.45, 7) is 5.59. The van der Waals surface area contributed by atoms with Gasteiger partial charge in [0.1, 0.15) is 0 Å². The summed E-state index contributed by atoms with van der Waals surface area (Å²) in [5, 5.41) is 3.80. The molecule has 0 spiro atoms. The standard InChI is InChI=1S/C13H26N2/c1-13(2)7-6-11(8-13)15-12(9-14)10-4-3-5-10/h10-12,15H,3-9,14H2,1-2H3. The normalized spacial score (nSPS) is 32.6. The molecule has 2 unspecified atom stereocenters. The zero-order valence-electron chi connectivity index (χ0n) is 10.3. The van der Waals surface area contributed by atoms with Crippen LogP contribution in [0, 0.1) is 11.3 Å². The SMILES string of the molecule is CC1(C)CCC(NC(CN)C2CCC2)C1. The zero-order valence-corrected chi connectivity index (χ0v) is 10.3. The Labute approximate surface area is 94.0 Å². The molecule has 2 saturated carbocycles. The second-order valence-corrected chi connectivity index (χ2v) is 6.30. The van der Waals surface area contributed by atoms with Crippen LogP contribution in [0.25, 0.3) is 0 Å². The average molecular weight is 210 g/mol. The summed E-state index contributed by atoms with van der Waals surface area (Å²) >= 11 is 0. The molecular weight excluding hydrogens is 184 g/mol. The van der Waals surface area contributed by atoms with E-state index in [0.717, 1.165) is 18.5 Å². The van der Waals surface area contributed by atoms with Crippen LogP contribution in [0.5, 0.6) is 0 Å². The van der Waals surface area contributed by atoms with E-state index in [1.807, 2.05) is 0 Å². The minimum Gasteiger partial charge on any atom is -0.329 e. The maximum atomic E-state index is 5.87. The van der Waals surface area contributed by atoms with Crippen LogP contribution in [-0.4, -0.2) is 18.6 Å². The van der Waals surface area contributed by atoms with Gasteiger partial charge in [-0.15, -0.1) is 0 Å². The van der Waals surface area contributed by atoms with Crippen molar-refractivity contribution < 1.29 is 0 Å². The zero-order chi connectivity index (χ0) is 10.9. The second-order valence-electron chi connectivity index (χ2n) is 6.30. The lowest BCUT2D eigenvalue weighted by Crippen LogP contribution is -2.48. The summed E-state index contributed by atoms with van der Waals surface area (Å²) in [6.07, 6.45) is 8.24. The van der Waals surface area contributed by atoms with E-state index in [9.17, 15) is 0 Å². The Kier molecular flexibility index (Phi) is 3.36. The van der Waals surface area contributed by atoms with Crippen molar-refractivity contribution in [1.82, 2.24) is 5.32 Å². The third-order valence-corrected chi connectivity index (χ3v) is 4.39. The van der Waals surface area contributed by atoms with Crippen LogP contribution in [0.3, 0.4) is 0 Å². The third kappa shape index (κ3) is 2.73. The van der Waals surface area contributed by atoms with Gasteiger partial charge in [0, 0.05) is 18.6 Å². The predicted molar refractivity (Wildman–Crippen MR) is 64.7 cm³/mol. The number of nitrogens with one attached hydrogen (secondary N) is 1. The average Bonchev–Trinajstić information content (AvgIpc) is 2.41. The Bertz CT molecular complexity index is 209. The summed E-state index contributed by atoms with van der Waals surface area (Å²) < 4.78 is 0. The molecule has 2 aliphatic carbocycles. The number of hydrogen-bond acceptors (Lipinski definition) is 2. The van der Waals surface area contributed by atoms with E-state index < -0.39 is 0 Å². The van der Waals surface area contributed by atoms with Gasteiger partial charge in [-0.2, -0.15) is 0 Å². The fourth-order valence-electron chi connectivity index (χ4n) is 3.12. The van der Waals surface area contributed by atoms with E-state index in [1.165, 1.54) is 38.5 Å². The van der Waals surface area contributed by atoms with Gasteiger partial charge < -0.3 is 11.1 Å². The van der Waals surface area contributed by atoms with Crippen LogP contribution in [-0.2, 0) is 0 Å². The largest absolute Gasteiger partial charge is 0.329 e. The van der Waals surface area contributed by atoms with Crippen molar-refractivity contribution in [3.05, 3.63) is 0 Å². The Balaban J connectivity index is 1.80. The van der Waals surface area contributed by atoms with Gasteiger partial charge in [0.05, 0.1) is 0 Å². The smallest absolute Gasteiger partial charge is 0.0221 e. The fourth-order valence-corrected chi connectivity index (χ4v) is 3.12. The Hall–Kier alpha value is -0.0800. The molecule has 2 atom stereocenters. The van der Waals surface area contributed by atoms with Crippen LogP contribution in [0.15, 0.2) is 0 Å². The lowest BCUT2D eigenvalue weighted by atomic mass is 9.79. The predicted octanol–water partition coefficient (Wildman–Crippen LogP) is 2.28. The summed E-state index contributed by atoms with van der Waals surface area (Å²) in [6, 6.07) is 1.33. The lowest BCUT2D eigenvalue weighted by Gasteiger charge is -2.35. The molecule has 0 aliphatic heterocycles. The summed E-state index contributed by atoms with van der Waals surface area (Å²) in [5.74, 6) is 0.874. The highest BCUT2D eigenvalue weighted by Crippen LogP contribution is 2.38. The first-order valence-corrected chi connectivity index (χ1v) is 6.57. The first kappa shape index (κ1) is 11.4. The van der Waals surface area contributed by atoms with Crippen LogP contribution < -0.4 is 11.1 Å². The molecule has 2 heteroatoms. The molecule has 0 aromatic rings. The van der Waals surface area contributed by atoms with Crippen molar-refractivity contribution in [2.75, 3.05) is 6.54 Å². The van der Waals surface area contributed by atoms with Gasteiger partial charge in [0.25, 0.3) is 0 Å². The van der Waals surface area contributed by atoms with Crippen molar-refractivity contribution in [3.8, 4) is 0 Å². The first-order valence-electron chi connectivity index (χ1n) is 6.57. The van der Waals surface area contributed by atoms with E-state index in [4.69, 9.17) is 5.73 Å². The summed E-state index contributed by atoms with van der Waals surface area (Å²) in [4.78, 5) is 0. The number of nitrogens with two attached hydrogens (primary N) is 1. The van der Waals surface area contributed by atoms with Crippen molar-refractivity contribution in [2.45, 2.75) is 64.5 Å². The monoisotopic (exact) mass is 210 g/mol. The van der Waals surface area contributed by atoms with Crippen LogP contribution in [0.1, 0.15) is 52.4 Å². The van der Waals surface area contributed by atoms with Gasteiger partial charge in [0.2, 0.25) is 0 Å². The molecule has 88 valence electrons. The van der Waals surface area contributed by atoms with Gasteiger partial charge in [-0.3, -0.25) is 0 Å². The molecule has 0 heterocycles. The molecule has 2 rings (SSSR count). The third-order valence-electron chi connectivity index (χ3n) is 4.39. The molecule has 0 aromatic heterocycles. The van der Waals surface area contributed by atoms with Gasteiger partial charge in [-0.1, -0.05) is 20.3 Å². The van der Waals surface area contributed by atoms with Crippen LogP contribution in [0.4, 0.5) is 0 Å². The topological polar surface area (TPSA) is 38.0 Å². The Morgan fingerprint density at radius 3 is 2.47 bits per heavy atom. The van der Waals surface area contributed by atoms with E-state index >= 15 is 0 Å². The second kappa shape index (κ2) is 4.42. The first-order chi connectivity index (χ1) is 7.11. The quantitative estimate of drug-likeness (QED) is 0.747. The minimum atomic E-state index is 0.552. The van der Waals surface area contributed by atoms with Crippen molar-refractivity contribution >= 4 is 0 Å². The van der Waals surface area contributed by atoms with Crippen molar-refractivity contribution in [1.29, 1.82) is 0 Å². The van der Waals surface area contributed by atoms with Crippen LogP contribution >= 0.6 is 0 Å². The minimum absolute atomic E-state index is 0.552. The lowest BCUT2D eigenvalue weighted by molar-refractivity contribution is 0.214. The Morgan fingerprint density at radius 2 is 2.07 bits per heavy atom. The highest BCUT2D eigenvalue weighted by Gasteiger charge is 2.34. The molecule has 2 fully saturated rings. The molecule has 3 N–H and O–H groups in total. The Morgan fingerprint density at radius 1 is 1.33 bits per heavy atom. The van der Waals surface area contributed by atoms with Gasteiger partial charge in [0.15, 0.2) is 0 Å². The van der Waals surface area contributed by atoms with Gasteiger partial charge in [-0.05, 0) is 43.4 Å². The van der Waals surface area contributed by atoms with Gasteiger partial charge >= 0.3 is 0 Å². The molecule has 0 aromatic carbocycles. The molecular formula is C13H26N2. The van der Waals surface area contributed by atoms with E-state index in [1.54, 1.807) is 0 Å². The number of rotatable bonds is 4. The van der Waals surface area contributed by atoms with Crippen molar-refractivity contribution in [3.63, 3.8) is 0 Å². The summed E-state index contributed by atoms with van der Waals surface area (Å²) in [5.41, 5.74) is 6.42. The number of hydrogen-bond donors (Lipinski definition) is 2. The highest BCUT2D eigenvalue weighted by atomic mass is 15.0. The molecule has 0 radical (unpaired) electrons.